The fourth-order valence-electron chi connectivity index (χ4n) is 2.90. The number of alkyl halides is 3. The average molecular weight is 421 g/mol. The molecule has 0 radical (unpaired) electrons. The van der Waals surface area contributed by atoms with Crippen molar-refractivity contribution in [3.05, 3.63) is 57.2 Å². The number of hydrogen-bond acceptors (Lipinski definition) is 4. The van der Waals surface area contributed by atoms with Gasteiger partial charge in [0.05, 0.1) is 10.9 Å². The number of thiocarbonyl (C=S) groups is 1. The summed E-state index contributed by atoms with van der Waals surface area (Å²) in [6.45, 7) is 0. The number of nitrogens with one attached hydrogen (secondary N) is 2. The number of Topliss-reactive ketones (excluding diaryl/α,β-unsaturated/α-hetero) is 1. The van der Waals surface area contributed by atoms with Gasteiger partial charge in [-0.1, -0.05) is 35.9 Å². The number of hydrogen-bond donors (Lipinski definition) is 3. The molecule has 0 aliphatic carbocycles. The Labute approximate surface area is 161 Å². The first-order valence-electron chi connectivity index (χ1n) is 7.35. The van der Waals surface area contributed by atoms with Crippen LogP contribution in [0.4, 0.5) is 13.2 Å². The molecule has 3 rings (SSSR count). The molecule has 138 valence electrons. The molecule has 2 heterocycles. The zero-order valence-corrected chi connectivity index (χ0v) is 15.3. The molecule has 0 saturated carbocycles. The molecule has 3 N–H and O–H groups in total. The zero-order valence-electron chi connectivity index (χ0n) is 12.9. The Morgan fingerprint density at radius 1 is 1.27 bits per heavy atom. The smallest absolute Gasteiger partial charge is 0.363 e. The predicted octanol–water partition coefficient (Wildman–Crippen LogP) is 3.67. The van der Waals surface area contributed by atoms with Crippen molar-refractivity contribution in [3.63, 3.8) is 0 Å². The van der Waals surface area contributed by atoms with Gasteiger partial charge in [0.15, 0.2) is 10.9 Å². The van der Waals surface area contributed by atoms with E-state index in [-0.39, 0.29) is 15.5 Å². The summed E-state index contributed by atoms with van der Waals surface area (Å²) in [5, 5.41) is 16.3. The van der Waals surface area contributed by atoms with E-state index < -0.39 is 34.8 Å². The Balaban J connectivity index is 2.18. The molecule has 10 heteroatoms. The summed E-state index contributed by atoms with van der Waals surface area (Å²) < 4.78 is 41.3. The number of carbonyl (C=O) groups is 1. The Bertz CT molecular complexity index is 844. The first-order valence-corrected chi connectivity index (χ1v) is 9.01. The summed E-state index contributed by atoms with van der Waals surface area (Å²) in [6.07, 6.45) is -5.16. The second-order valence-corrected chi connectivity index (χ2v) is 7.44. The normalized spacial score (nSPS) is 26.1. The van der Waals surface area contributed by atoms with Gasteiger partial charge < -0.3 is 15.7 Å². The van der Waals surface area contributed by atoms with Crippen LogP contribution in [0.3, 0.4) is 0 Å². The van der Waals surface area contributed by atoms with Crippen molar-refractivity contribution >= 4 is 46.1 Å². The van der Waals surface area contributed by atoms with E-state index in [2.05, 4.69) is 5.32 Å². The van der Waals surface area contributed by atoms with Crippen molar-refractivity contribution < 1.29 is 23.1 Å². The summed E-state index contributed by atoms with van der Waals surface area (Å²) in [5.41, 5.74) is -3.31. The molecule has 0 unspecified atom stereocenters. The molecule has 2 aromatic rings. The maximum Gasteiger partial charge on any atom is 0.437 e. The lowest BCUT2D eigenvalue weighted by atomic mass is 9.78. The molecule has 26 heavy (non-hydrogen) atoms. The monoisotopic (exact) mass is 420 g/mol. The van der Waals surface area contributed by atoms with Crippen LogP contribution in [0.25, 0.3) is 0 Å². The first-order chi connectivity index (χ1) is 12.1. The van der Waals surface area contributed by atoms with E-state index in [1.165, 1.54) is 18.2 Å². The largest absolute Gasteiger partial charge is 0.437 e. The lowest BCUT2D eigenvalue weighted by Gasteiger charge is -2.46. The lowest BCUT2D eigenvalue weighted by molar-refractivity contribution is -0.285. The van der Waals surface area contributed by atoms with Crippen LogP contribution in [0.2, 0.25) is 5.02 Å². The van der Waals surface area contributed by atoms with Crippen molar-refractivity contribution in [2.24, 2.45) is 5.92 Å². The summed E-state index contributed by atoms with van der Waals surface area (Å²) in [6, 6.07) is 7.84. The minimum absolute atomic E-state index is 0.0890. The van der Waals surface area contributed by atoms with Gasteiger partial charge in [-0.3, -0.25) is 4.79 Å². The Morgan fingerprint density at radius 2 is 1.96 bits per heavy atom. The topological polar surface area (TPSA) is 61.4 Å². The van der Waals surface area contributed by atoms with E-state index in [1.54, 1.807) is 23.6 Å². The highest BCUT2D eigenvalue weighted by atomic mass is 35.5. The number of benzene rings is 1. The van der Waals surface area contributed by atoms with Gasteiger partial charge in [-0.25, -0.2) is 0 Å². The molecular weight excluding hydrogens is 409 g/mol. The Morgan fingerprint density at radius 3 is 2.54 bits per heavy atom. The zero-order chi connectivity index (χ0) is 19.1. The van der Waals surface area contributed by atoms with Crippen LogP contribution in [0.1, 0.15) is 21.3 Å². The van der Waals surface area contributed by atoms with Gasteiger partial charge in [0.25, 0.3) is 0 Å². The van der Waals surface area contributed by atoms with E-state index in [0.717, 1.165) is 11.3 Å². The maximum atomic E-state index is 13.8. The molecule has 0 amide bonds. The number of rotatable bonds is 3. The standard InChI is InChI=1S/C16H12ClF3N2O2S2/c17-9-5-2-1-4-8(9)12-11(13(23)10-6-3-7-26-10)15(24,16(18,19)20)22-14(25)21-12/h1-7,11-12,24H,(H2,21,22,25)/t11-,12-,15-/m0/s1. The molecule has 1 saturated heterocycles. The fraction of sp³-hybridized carbons (Fsp3) is 0.250. The van der Waals surface area contributed by atoms with Crippen LogP contribution in [0.5, 0.6) is 0 Å². The molecule has 1 aliphatic heterocycles. The van der Waals surface area contributed by atoms with Gasteiger partial charge in [0, 0.05) is 5.02 Å². The lowest BCUT2D eigenvalue weighted by Crippen LogP contribution is -2.72. The van der Waals surface area contributed by atoms with E-state index in [9.17, 15) is 23.1 Å². The molecular formula is C16H12ClF3N2O2S2. The molecule has 1 aromatic carbocycles. The van der Waals surface area contributed by atoms with E-state index >= 15 is 0 Å². The highest BCUT2D eigenvalue weighted by Crippen LogP contribution is 2.45. The van der Waals surface area contributed by atoms with Gasteiger partial charge in [-0.05, 0) is 35.3 Å². The summed E-state index contributed by atoms with van der Waals surface area (Å²) in [5.74, 6) is -2.81. The third-order valence-corrected chi connectivity index (χ3v) is 5.54. The molecule has 0 spiro atoms. The van der Waals surface area contributed by atoms with Crippen LogP contribution in [-0.4, -0.2) is 27.9 Å². The minimum Gasteiger partial charge on any atom is -0.363 e. The summed E-state index contributed by atoms with van der Waals surface area (Å²) in [4.78, 5) is 13.0. The quantitative estimate of drug-likeness (QED) is 0.522. The van der Waals surface area contributed by atoms with E-state index in [1.807, 2.05) is 5.32 Å². The second kappa shape index (κ2) is 6.80. The highest BCUT2D eigenvalue weighted by Gasteiger charge is 2.66. The van der Waals surface area contributed by atoms with Gasteiger partial charge in [-0.2, -0.15) is 13.2 Å². The van der Waals surface area contributed by atoms with Crippen molar-refractivity contribution in [1.82, 2.24) is 10.6 Å². The van der Waals surface area contributed by atoms with E-state index in [4.69, 9.17) is 23.8 Å². The fourth-order valence-corrected chi connectivity index (χ4v) is 4.14. The van der Waals surface area contributed by atoms with Gasteiger partial charge in [-0.15, -0.1) is 11.3 Å². The first kappa shape index (κ1) is 19.1. The second-order valence-electron chi connectivity index (χ2n) is 5.68. The molecule has 3 atom stereocenters. The highest BCUT2D eigenvalue weighted by molar-refractivity contribution is 7.80. The van der Waals surface area contributed by atoms with Gasteiger partial charge in [0.1, 0.15) is 5.92 Å². The van der Waals surface area contributed by atoms with Crippen LogP contribution < -0.4 is 10.6 Å². The maximum absolute atomic E-state index is 13.8. The van der Waals surface area contributed by atoms with Crippen molar-refractivity contribution in [1.29, 1.82) is 0 Å². The minimum atomic E-state index is -5.16. The number of aliphatic hydroxyl groups is 1. The Hall–Kier alpha value is -1.68. The molecule has 0 bridgehead atoms. The third kappa shape index (κ3) is 3.20. The Kier molecular flexibility index (Phi) is 5.00. The van der Waals surface area contributed by atoms with Gasteiger partial charge in [0.2, 0.25) is 5.72 Å². The molecule has 1 aliphatic rings. The summed E-state index contributed by atoms with van der Waals surface area (Å²) in [7, 11) is 0. The van der Waals surface area contributed by atoms with Crippen molar-refractivity contribution in [3.8, 4) is 0 Å². The molecule has 1 fully saturated rings. The van der Waals surface area contributed by atoms with Crippen molar-refractivity contribution in [2.75, 3.05) is 0 Å². The van der Waals surface area contributed by atoms with E-state index in [0.29, 0.717) is 0 Å². The van der Waals surface area contributed by atoms with Crippen LogP contribution in [0, 0.1) is 5.92 Å². The van der Waals surface area contributed by atoms with Crippen LogP contribution >= 0.6 is 35.2 Å². The average Bonchev–Trinajstić information content (AvgIpc) is 3.07. The molecule has 1 aromatic heterocycles. The number of ketones is 1. The van der Waals surface area contributed by atoms with Crippen LogP contribution in [0.15, 0.2) is 41.8 Å². The van der Waals surface area contributed by atoms with Crippen LogP contribution in [-0.2, 0) is 0 Å². The SMILES string of the molecule is O=C(c1cccs1)[C@@H]1[C@H](c2ccccc2Cl)NC(=S)N[C@@]1(O)C(F)(F)F. The number of halogens is 4. The molecule has 4 nitrogen and oxygen atoms in total. The predicted molar refractivity (Wildman–Crippen MR) is 96.2 cm³/mol. The number of thiophene rings is 1. The summed E-state index contributed by atoms with van der Waals surface area (Å²) >= 11 is 12.0. The third-order valence-electron chi connectivity index (χ3n) is 4.09. The number of carbonyl (C=O) groups excluding carboxylic acids is 1. The van der Waals surface area contributed by atoms with Crippen molar-refractivity contribution in [2.45, 2.75) is 17.9 Å². The van der Waals surface area contributed by atoms with Gasteiger partial charge >= 0.3 is 6.18 Å².